The van der Waals surface area contributed by atoms with E-state index in [9.17, 15) is 5.11 Å². The van der Waals surface area contributed by atoms with Crippen molar-refractivity contribution in [1.82, 2.24) is 15.1 Å². The lowest BCUT2D eigenvalue weighted by molar-refractivity contribution is 0.0109. The molecule has 0 atom stereocenters. The molecule has 102 valence electrons. The summed E-state index contributed by atoms with van der Waals surface area (Å²) in [4.78, 5) is 0. The zero-order valence-corrected chi connectivity index (χ0v) is 11.3. The lowest BCUT2D eigenvalue weighted by atomic mass is 9.91. The van der Waals surface area contributed by atoms with E-state index in [-0.39, 0.29) is 12.1 Å². The number of rotatable bonds is 5. The van der Waals surface area contributed by atoms with Gasteiger partial charge in [-0.05, 0) is 32.8 Å². The third-order valence-corrected chi connectivity index (χ3v) is 3.68. The van der Waals surface area contributed by atoms with Gasteiger partial charge in [0, 0.05) is 31.8 Å². The molecular weight excluding hydrogens is 230 g/mol. The summed E-state index contributed by atoms with van der Waals surface area (Å²) in [5, 5.41) is 17.5. The Morgan fingerprint density at radius 3 is 2.83 bits per heavy atom. The Morgan fingerprint density at radius 1 is 1.50 bits per heavy atom. The summed E-state index contributed by atoms with van der Waals surface area (Å²) in [5.74, 6) is 0. The number of aryl methyl sites for hydroxylation is 2. The maximum atomic E-state index is 9.61. The van der Waals surface area contributed by atoms with Gasteiger partial charge in [-0.2, -0.15) is 5.10 Å². The molecular formula is C13H23N3O2. The van der Waals surface area contributed by atoms with Gasteiger partial charge in [0.2, 0.25) is 0 Å². The highest BCUT2D eigenvalue weighted by Crippen LogP contribution is 2.20. The normalized spacial score (nSPS) is 19.1. The van der Waals surface area contributed by atoms with E-state index in [2.05, 4.69) is 23.4 Å². The van der Waals surface area contributed by atoms with Crippen LogP contribution in [0.4, 0.5) is 0 Å². The lowest BCUT2D eigenvalue weighted by Gasteiger charge is -2.36. The quantitative estimate of drug-likeness (QED) is 0.816. The van der Waals surface area contributed by atoms with Crippen molar-refractivity contribution in [1.29, 1.82) is 0 Å². The van der Waals surface area contributed by atoms with E-state index in [4.69, 9.17) is 4.74 Å². The Morgan fingerprint density at radius 2 is 2.22 bits per heavy atom. The first-order chi connectivity index (χ1) is 8.69. The van der Waals surface area contributed by atoms with Crippen molar-refractivity contribution < 1.29 is 9.84 Å². The average Bonchev–Trinajstić information content (AvgIpc) is 2.78. The minimum atomic E-state index is -0.186. The van der Waals surface area contributed by atoms with Crippen LogP contribution in [0, 0.1) is 6.92 Å². The molecule has 1 aromatic heterocycles. The summed E-state index contributed by atoms with van der Waals surface area (Å²) in [6.45, 7) is 7.32. The number of aliphatic hydroxyl groups is 1. The number of nitrogens with one attached hydrogen (secondary N) is 1. The summed E-state index contributed by atoms with van der Waals surface area (Å²) in [6.07, 6.45) is 1.73. The summed E-state index contributed by atoms with van der Waals surface area (Å²) >= 11 is 0. The molecule has 1 aliphatic heterocycles. The van der Waals surface area contributed by atoms with Crippen LogP contribution in [0.1, 0.15) is 31.2 Å². The summed E-state index contributed by atoms with van der Waals surface area (Å²) in [7, 11) is 0. The van der Waals surface area contributed by atoms with E-state index < -0.39 is 0 Å². The molecule has 1 saturated heterocycles. The number of aliphatic hydroxyl groups excluding tert-OH is 1. The smallest absolute Gasteiger partial charge is 0.0615 e. The highest BCUT2D eigenvalue weighted by molar-refractivity contribution is 5.09. The van der Waals surface area contributed by atoms with Gasteiger partial charge in [-0.25, -0.2) is 0 Å². The predicted octanol–water partition coefficient (Wildman–Crippen LogP) is 0.843. The molecule has 2 rings (SSSR count). The average molecular weight is 253 g/mol. The molecule has 0 amide bonds. The Balaban J connectivity index is 2.00. The molecule has 5 nitrogen and oxygen atoms in total. The zero-order valence-electron chi connectivity index (χ0n) is 11.3. The molecule has 0 radical (unpaired) electrons. The zero-order chi connectivity index (χ0) is 13.0. The van der Waals surface area contributed by atoms with Gasteiger partial charge < -0.3 is 15.2 Å². The van der Waals surface area contributed by atoms with Crippen LogP contribution < -0.4 is 5.32 Å². The van der Waals surface area contributed by atoms with Gasteiger partial charge in [-0.1, -0.05) is 0 Å². The molecule has 0 aliphatic carbocycles. The van der Waals surface area contributed by atoms with E-state index in [1.54, 1.807) is 0 Å². The monoisotopic (exact) mass is 253 g/mol. The first kappa shape index (κ1) is 13.5. The SMILES string of the molecule is CCn1nc(C)cc1CNC1(CO)CCOCC1. The minimum Gasteiger partial charge on any atom is -0.394 e. The third-order valence-electron chi connectivity index (χ3n) is 3.68. The van der Waals surface area contributed by atoms with E-state index >= 15 is 0 Å². The summed E-state index contributed by atoms with van der Waals surface area (Å²) in [6, 6.07) is 2.10. The van der Waals surface area contributed by atoms with Crippen molar-refractivity contribution in [3.63, 3.8) is 0 Å². The summed E-state index contributed by atoms with van der Waals surface area (Å²) in [5.41, 5.74) is 2.03. The van der Waals surface area contributed by atoms with Gasteiger partial charge in [0.25, 0.3) is 0 Å². The van der Waals surface area contributed by atoms with Crippen LogP contribution in [0.25, 0.3) is 0 Å². The largest absolute Gasteiger partial charge is 0.394 e. The lowest BCUT2D eigenvalue weighted by Crippen LogP contribution is -2.52. The van der Waals surface area contributed by atoms with Crippen molar-refractivity contribution in [2.45, 2.75) is 45.3 Å². The van der Waals surface area contributed by atoms with Gasteiger partial charge in [-0.3, -0.25) is 4.68 Å². The number of nitrogens with zero attached hydrogens (tertiary/aromatic N) is 2. The van der Waals surface area contributed by atoms with Crippen molar-refractivity contribution in [3.8, 4) is 0 Å². The Bertz CT molecular complexity index is 384. The standard InChI is InChI=1S/C13H23N3O2/c1-3-16-12(8-11(2)15-16)9-14-13(10-17)4-6-18-7-5-13/h8,14,17H,3-7,9-10H2,1-2H3. The van der Waals surface area contributed by atoms with Gasteiger partial charge in [0.1, 0.15) is 0 Å². The highest BCUT2D eigenvalue weighted by atomic mass is 16.5. The highest BCUT2D eigenvalue weighted by Gasteiger charge is 2.31. The Kier molecular flexibility index (Phi) is 4.37. The van der Waals surface area contributed by atoms with Crippen molar-refractivity contribution in [3.05, 3.63) is 17.5 Å². The maximum absolute atomic E-state index is 9.61. The fourth-order valence-electron chi connectivity index (χ4n) is 2.45. The van der Waals surface area contributed by atoms with Crippen LogP contribution in [0.2, 0.25) is 0 Å². The van der Waals surface area contributed by atoms with Crippen molar-refractivity contribution in [2.75, 3.05) is 19.8 Å². The van der Waals surface area contributed by atoms with Gasteiger partial charge >= 0.3 is 0 Å². The molecule has 18 heavy (non-hydrogen) atoms. The molecule has 0 saturated carbocycles. The fourth-order valence-corrected chi connectivity index (χ4v) is 2.45. The van der Waals surface area contributed by atoms with Crippen molar-refractivity contribution >= 4 is 0 Å². The van der Waals surface area contributed by atoms with E-state index in [1.807, 2.05) is 11.6 Å². The van der Waals surface area contributed by atoms with Crippen LogP contribution in [0.3, 0.4) is 0 Å². The number of ether oxygens (including phenoxy) is 1. The van der Waals surface area contributed by atoms with E-state index in [1.165, 1.54) is 5.69 Å². The Hall–Kier alpha value is -0.910. The minimum absolute atomic E-state index is 0.162. The maximum Gasteiger partial charge on any atom is 0.0615 e. The number of aromatic nitrogens is 2. The second-order valence-corrected chi connectivity index (χ2v) is 5.00. The number of hydrogen-bond donors (Lipinski definition) is 2. The summed E-state index contributed by atoms with van der Waals surface area (Å²) < 4.78 is 7.37. The Labute approximate surface area is 108 Å². The van der Waals surface area contributed by atoms with Crippen LogP contribution in [0.5, 0.6) is 0 Å². The first-order valence-electron chi connectivity index (χ1n) is 6.66. The molecule has 2 heterocycles. The molecule has 0 bridgehead atoms. The van der Waals surface area contributed by atoms with Crippen molar-refractivity contribution in [2.24, 2.45) is 0 Å². The second-order valence-electron chi connectivity index (χ2n) is 5.00. The van der Waals surface area contributed by atoms with E-state index in [0.717, 1.165) is 44.8 Å². The van der Waals surface area contributed by atoms with Crippen LogP contribution in [0.15, 0.2) is 6.07 Å². The van der Waals surface area contributed by atoms with Gasteiger partial charge in [-0.15, -0.1) is 0 Å². The van der Waals surface area contributed by atoms with Crippen LogP contribution >= 0.6 is 0 Å². The number of hydrogen-bond acceptors (Lipinski definition) is 4. The molecule has 1 aliphatic rings. The van der Waals surface area contributed by atoms with Crippen LogP contribution in [-0.4, -0.2) is 40.2 Å². The topological polar surface area (TPSA) is 59.3 Å². The molecule has 0 aromatic carbocycles. The fraction of sp³-hybridized carbons (Fsp3) is 0.769. The second kappa shape index (κ2) is 5.82. The molecule has 1 fully saturated rings. The van der Waals surface area contributed by atoms with Crippen LogP contribution in [-0.2, 0) is 17.8 Å². The third kappa shape index (κ3) is 2.91. The van der Waals surface area contributed by atoms with Gasteiger partial charge in [0.05, 0.1) is 18.0 Å². The van der Waals surface area contributed by atoms with E-state index in [0.29, 0.717) is 0 Å². The first-order valence-corrected chi connectivity index (χ1v) is 6.66. The van der Waals surface area contributed by atoms with Gasteiger partial charge in [0.15, 0.2) is 0 Å². The molecule has 1 aromatic rings. The molecule has 5 heteroatoms. The molecule has 0 spiro atoms. The predicted molar refractivity (Wildman–Crippen MR) is 69.3 cm³/mol. The molecule has 0 unspecified atom stereocenters. The molecule has 2 N–H and O–H groups in total.